The van der Waals surface area contributed by atoms with E-state index in [0.29, 0.717) is 6.61 Å². The predicted octanol–water partition coefficient (Wildman–Crippen LogP) is 5.48. The second kappa shape index (κ2) is 7.19. The first kappa shape index (κ1) is 16.1. The lowest BCUT2D eigenvalue weighted by Crippen LogP contribution is -2.20. The van der Waals surface area contributed by atoms with Crippen LogP contribution < -0.4 is 4.74 Å². The maximum atomic E-state index is 9.61. The van der Waals surface area contributed by atoms with E-state index < -0.39 is 5.41 Å². The Morgan fingerprint density at radius 1 is 0.917 bits per heavy atom. The molecule has 0 aromatic heterocycles. The molecule has 2 nitrogen and oxygen atoms in total. The number of hydrogen-bond acceptors (Lipinski definition) is 2. The lowest BCUT2D eigenvalue weighted by molar-refractivity contribution is 0.299. The molecule has 0 aliphatic carbocycles. The van der Waals surface area contributed by atoms with E-state index in [-0.39, 0.29) is 0 Å². The van der Waals surface area contributed by atoms with Gasteiger partial charge >= 0.3 is 0 Å². The molecule has 0 aliphatic rings. The van der Waals surface area contributed by atoms with Crippen LogP contribution in [-0.4, -0.2) is 6.61 Å². The monoisotopic (exact) mass is 315 g/mol. The molecule has 3 aromatic carbocycles. The van der Waals surface area contributed by atoms with Crippen LogP contribution >= 0.6 is 0 Å². The molecule has 1 unspecified atom stereocenters. The molecule has 0 aliphatic heterocycles. The highest BCUT2D eigenvalue weighted by Gasteiger charge is 2.25. The van der Waals surface area contributed by atoms with Crippen LogP contribution in [0.5, 0.6) is 5.75 Å². The Morgan fingerprint density at radius 2 is 1.62 bits per heavy atom. The normalized spacial score (nSPS) is 13.2. The van der Waals surface area contributed by atoms with E-state index >= 15 is 0 Å². The van der Waals surface area contributed by atoms with Crippen LogP contribution in [-0.2, 0) is 5.41 Å². The van der Waals surface area contributed by atoms with Crippen molar-refractivity contribution in [2.75, 3.05) is 6.61 Å². The van der Waals surface area contributed by atoms with Gasteiger partial charge in [0.2, 0.25) is 0 Å². The van der Waals surface area contributed by atoms with E-state index in [0.717, 1.165) is 29.5 Å². The van der Waals surface area contributed by atoms with Crippen molar-refractivity contribution in [2.45, 2.75) is 25.2 Å². The lowest BCUT2D eigenvalue weighted by Gasteiger charge is -2.22. The van der Waals surface area contributed by atoms with Crippen LogP contribution in [0.3, 0.4) is 0 Å². The molecular weight excluding hydrogens is 294 g/mol. The summed E-state index contributed by atoms with van der Waals surface area (Å²) < 4.78 is 5.99. The number of nitriles is 1. The van der Waals surface area contributed by atoms with E-state index in [2.05, 4.69) is 24.3 Å². The molecule has 0 N–H and O–H groups in total. The summed E-state index contributed by atoms with van der Waals surface area (Å²) in [6.07, 6.45) is 1.61. The zero-order valence-corrected chi connectivity index (χ0v) is 13.9. The lowest BCUT2D eigenvalue weighted by atomic mass is 9.80. The van der Waals surface area contributed by atoms with Gasteiger partial charge in [-0.3, -0.25) is 0 Å². The van der Waals surface area contributed by atoms with Crippen molar-refractivity contribution in [3.8, 4) is 11.8 Å². The van der Waals surface area contributed by atoms with Gasteiger partial charge in [0, 0.05) is 5.39 Å². The molecule has 120 valence electrons. The zero-order valence-electron chi connectivity index (χ0n) is 13.9. The Hall–Kier alpha value is -2.79. The largest absolute Gasteiger partial charge is 0.493 e. The fraction of sp³-hybridized carbons (Fsp3) is 0.227. The molecule has 3 aromatic rings. The maximum Gasteiger partial charge on any atom is 0.127 e. The van der Waals surface area contributed by atoms with Gasteiger partial charge in [0.1, 0.15) is 5.75 Å². The minimum atomic E-state index is -0.469. The molecule has 0 bridgehead atoms. The molecule has 2 heteroatoms. The Balaban J connectivity index is 1.63. The topological polar surface area (TPSA) is 33.0 Å². The number of benzene rings is 3. The van der Waals surface area contributed by atoms with Gasteiger partial charge in [-0.25, -0.2) is 0 Å². The quantitative estimate of drug-likeness (QED) is 0.564. The standard InChI is InChI=1S/C22H21NO/c1-22(17-23,19-11-3-2-4-12-19)15-8-16-24-21-14-7-10-18-9-5-6-13-20(18)21/h2-7,9-14H,8,15-16H2,1H3. The summed E-state index contributed by atoms with van der Waals surface area (Å²) in [5.41, 5.74) is 0.598. The summed E-state index contributed by atoms with van der Waals surface area (Å²) in [5, 5.41) is 11.9. The molecule has 24 heavy (non-hydrogen) atoms. The van der Waals surface area contributed by atoms with Crippen molar-refractivity contribution in [3.05, 3.63) is 78.4 Å². The minimum absolute atomic E-state index is 0.469. The summed E-state index contributed by atoms with van der Waals surface area (Å²) in [4.78, 5) is 0. The van der Waals surface area contributed by atoms with Gasteiger partial charge in [-0.05, 0) is 36.8 Å². The Labute approximate surface area is 143 Å². The highest BCUT2D eigenvalue weighted by molar-refractivity contribution is 5.88. The fourth-order valence-electron chi connectivity index (χ4n) is 3.00. The third-order valence-corrected chi connectivity index (χ3v) is 4.49. The summed E-state index contributed by atoms with van der Waals surface area (Å²) in [6, 6.07) is 26.8. The van der Waals surface area contributed by atoms with Crippen LogP contribution in [0.15, 0.2) is 72.8 Å². The summed E-state index contributed by atoms with van der Waals surface area (Å²) >= 11 is 0. The van der Waals surface area contributed by atoms with Crippen molar-refractivity contribution >= 4 is 10.8 Å². The number of nitrogens with zero attached hydrogens (tertiary/aromatic N) is 1. The van der Waals surface area contributed by atoms with Crippen molar-refractivity contribution < 1.29 is 4.74 Å². The number of ether oxygens (including phenoxy) is 1. The second-order valence-corrected chi connectivity index (χ2v) is 6.24. The van der Waals surface area contributed by atoms with Crippen LogP contribution in [0.4, 0.5) is 0 Å². The van der Waals surface area contributed by atoms with Crippen LogP contribution in [0.25, 0.3) is 10.8 Å². The smallest absolute Gasteiger partial charge is 0.127 e. The third kappa shape index (κ3) is 3.41. The van der Waals surface area contributed by atoms with E-state index in [1.54, 1.807) is 0 Å². The van der Waals surface area contributed by atoms with Crippen molar-refractivity contribution in [3.63, 3.8) is 0 Å². The van der Waals surface area contributed by atoms with Crippen LogP contribution in [0, 0.1) is 11.3 Å². The predicted molar refractivity (Wildman–Crippen MR) is 98.1 cm³/mol. The van der Waals surface area contributed by atoms with Gasteiger partial charge < -0.3 is 4.74 Å². The highest BCUT2D eigenvalue weighted by Crippen LogP contribution is 2.29. The average Bonchev–Trinajstić information content (AvgIpc) is 2.66. The summed E-state index contributed by atoms with van der Waals surface area (Å²) in [6.45, 7) is 2.61. The van der Waals surface area contributed by atoms with Gasteiger partial charge in [-0.1, -0.05) is 66.7 Å². The molecule has 0 radical (unpaired) electrons. The Kier molecular flexibility index (Phi) is 4.82. The molecule has 0 amide bonds. The van der Waals surface area contributed by atoms with Crippen molar-refractivity contribution in [1.29, 1.82) is 5.26 Å². The Morgan fingerprint density at radius 3 is 2.42 bits per heavy atom. The first-order valence-corrected chi connectivity index (χ1v) is 8.30. The minimum Gasteiger partial charge on any atom is -0.493 e. The molecular formula is C22H21NO. The molecule has 1 atom stereocenters. The molecule has 0 saturated heterocycles. The van der Waals surface area contributed by atoms with E-state index in [4.69, 9.17) is 4.74 Å². The number of rotatable bonds is 6. The molecule has 0 fully saturated rings. The second-order valence-electron chi connectivity index (χ2n) is 6.24. The maximum absolute atomic E-state index is 9.61. The fourth-order valence-corrected chi connectivity index (χ4v) is 3.00. The van der Waals surface area contributed by atoms with Gasteiger partial charge in [0.25, 0.3) is 0 Å². The first-order chi connectivity index (χ1) is 11.7. The van der Waals surface area contributed by atoms with Crippen LogP contribution in [0.1, 0.15) is 25.3 Å². The summed E-state index contributed by atoms with van der Waals surface area (Å²) in [5.74, 6) is 0.909. The van der Waals surface area contributed by atoms with Gasteiger partial charge in [-0.15, -0.1) is 0 Å². The van der Waals surface area contributed by atoms with Gasteiger partial charge in [0.15, 0.2) is 0 Å². The third-order valence-electron chi connectivity index (χ3n) is 4.49. The van der Waals surface area contributed by atoms with E-state index in [9.17, 15) is 5.26 Å². The molecule has 3 rings (SSSR count). The van der Waals surface area contributed by atoms with Crippen molar-refractivity contribution in [1.82, 2.24) is 0 Å². The van der Waals surface area contributed by atoms with Crippen molar-refractivity contribution in [2.24, 2.45) is 0 Å². The number of fused-ring (bicyclic) bond motifs is 1. The van der Waals surface area contributed by atoms with E-state index in [1.165, 1.54) is 5.39 Å². The highest BCUT2D eigenvalue weighted by atomic mass is 16.5. The molecule has 0 spiro atoms. The number of hydrogen-bond donors (Lipinski definition) is 0. The van der Waals surface area contributed by atoms with E-state index in [1.807, 2.05) is 61.5 Å². The molecule has 0 heterocycles. The Bertz CT molecular complexity index is 845. The van der Waals surface area contributed by atoms with Crippen LogP contribution in [0.2, 0.25) is 0 Å². The summed E-state index contributed by atoms with van der Waals surface area (Å²) in [7, 11) is 0. The average molecular weight is 315 g/mol. The zero-order chi connectivity index (χ0) is 16.8. The van der Waals surface area contributed by atoms with Gasteiger partial charge in [-0.2, -0.15) is 5.26 Å². The molecule has 0 saturated carbocycles. The first-order valence-electron chi connectivity index (χ1n) is 8.30. The SMILES string of the molecule is CC(C#N)(CCCOc1cccc2ccccc12)c1ccccc1. The van der Waals surface area contributed by atoms with Gasteiger partial charge in [0.05, 0.1) is 18.1 Å².